The van der Waals surface area contributed by atoms with Crippen molar-refractivity contribution in [3.8, 4) is 0 Å². The summed E-state index contributed by atoms with van der Waals surface area (Å²) in [4.78, 5) is 2.19. The first kappa shape index (κ1) is 15.9. The molecule has 16 heavy (non-hydrogen) atoms. The standard InChI is InChI=1S/C11H23NO2.C2H6/c1-10(2,8-12(5)6)9-7-13-11(3,4)14-9;1-2/h9H,7-8H2,1-6H3;1-2H3. The second-order valence-electron chi connectivity index (χ2n) is 5.54. The molecule has 1 atom stereocenters. The summed E-state index contributed by atoms with van der Waals surface area (Å²) in [6, 6.07) is 0. The lowest BCUT2D eigenvalue weighted by molar-refractivity contribution is -0.152. The van der Waals surface area contributed by atoms with Crippen LogP contribution in [0.25, 0.3) is 0 Å². The molecule has 1 aliphatic rings. The average molecular weight is 231 g/mol. The lowest BCUT2D eigenvalue weighted by Crippen LogP contribution is -2.40. The molecule has 0 aromatic heterocycles. The molecule has 1 unspecified atom stereocenters. The summed E-state index contributed by atoms with van der Waals surface area (Å²) < 4.78 is 11.4. The van der Waals surface area contributed by atoms with Crippen LogP contribution in [0.5, 0.6) is 0 Å². The first-order chi connectivity index (χ1) is 7.23. The van der Waals surface area contributed by atoms with Crippen LogP contribution in [-0.2, 0) is 9.47 Å². The Morgan fingerprint density at radius 2 is 1.75 bits per heavy atom. The molecule has 0 aromatic rings. The third kappa shape index (κ3) is 4.81. The van der Waals surface area contributed by atoms with E-state index in [2.05, 4.69) is 32.8 Å². The third-order valence-corrected chi connectivity index (χ3v) is 2.60. The van der Waals surface area contributed by atoms with Crippen molar-refractivity contribution in [3.63, 3.8) is 0 Å². The second-order valence-corrected chi connectivity index (χ2v) is 5.54. The van der Waals surface area contributed by atoms with Crippen LogP contribution in [0, 0.1) is 5.41 Å². The molecule has 0 saturated carbocycles. The Labute approximate surface area is 101 Å². The Morgan fingerprint density at radius 3 is 2.06 bits per heavy atom. The summed E-state index contributed by atoms with van der Waals surface area (Å²) in [7, 11) is 4.17. The first-order valence-electron chi connectivity index (χ1n) is 6.19. The van der Waals surface area contributed by atoms with E-state index in [1.54, 1.807) is 0 Å². The van der Waals surface area contributed by atoms with Crippen LogP contribution >= 0.6 is 0 Å². The van der Waals surface area contributed by atoms with Crippen molar-refractivity contribution in [2.75, 3.05) is 27.2 Å². The van der Waals surface area contributed by atoms with Gasteiger partial charge in [-0.25, -0.2) is 0 Å². The van der Waals surface area contributed by atoms with Gasteiger partial charge in [0.1, 0.15) is 0 Å². The van der Waals surface area contributed by atoms with Gasteiger partial charge in [0.15, 0.2) is 5.79 Å². The lowest BCUT2D eigenvalue weighted by Gasteiger charge is -2.33. The van der Waals surface area contributed by atoms with E-state index >= 15 is 0 Å². The van der Waals surface area contributed by atoms with Crippen molar-refractivity contribution in [2.45, 2.75) is 53.4 Å². The molecule has 0 aromatic carbocycles. The van der Waals surface area contributed by atoms with Gasteiger partial charge in [-0.1, -0.05) is 27.7 Å². The Hall–Kier alpha value is -0.120. The van der Waals surface area contributed by atoms with E-state index < -0.39 is 5.79 Å². The monoisotopic (exact) mass is 231 g/mol. The van der Waals surface area contributed by atoms with Crippen LogP contribution in [-0.4, -0.2) is 44.0 Å². The minimum atomic E-state index is -0.408. The van der Waals surface area contributed by atoms with Gasteiger partial charge in [0.25, 0.3) is 0 Å². The van der Waals surface area contributed by atoms with Crippen LogP contribution in [0.1, 0.15) is 41.5 Å². The fraction of sp³-hybridized carbons (Fsp3) is 1.00. The predicted molar refractivity (Wildman–Crippen MR) is 68.6 cm³/mol. The molecule has 98 valence electrons. The van der Waals surface area contributed by atoms with Crippen molar-refractivity contribution in [2.24, 2.45) is 5.41 Å². The van der Waals surface area contributed by atoms with Crippen LogP contribution in [0.3, 0.4) is 0 Å². The quantitative estimate of drug-likeness (QED) is 0.745. The van der Waals surface area contributed by atoms with E-state index in [1.165, 1.54) is 0 Å². The van der Waals surface area contributed by atoms with Gasteiger partial charge in [-0.2, -0.15) is 0 Å². The van der Waals surface area contributed by atoms with Gasteiger partial charge in [-0.3, -0.25) is 0 Å². The number of ether oxygens (including phenoxy) is 2. The fourth-order valence-corrected chi connectivity index (χ4v) is 1.99. The zero-order chi connectivity index (χ0) is 13.0. The molecule has 0 radical (unpaired) electrons. The van der Waals surface area contributed by atoms with E-state index in [9.17, 15) is 0 Å². The summed E-state index contributed by atoms with van der Waals surface area (Å²) in [6.45, 7) is 14.1. The molecular formula is C13H29NO2. The minimum absolute atomic E-state index is 0.136. The van der Waals surface area contributed by atoms with Crippen LogP contribution in [0.4, 0.5) is 0 Å². The Morgan fingerprint density at radius 1 is 1.25 bits per heavy atom. The van der Waals surface area contributed by atoms with Crippen molar-refractivity contribution in [1.82, 2.24) is 4.90 Å². The summed E-state index contributed by atoms with van der Waals surface area (Å²) in [5.41, 5.74) is 0.136. The first-order valence-corrected chi connectivity index (χ1v) is 6.19. The second kappa shape index (κ2) is 5.99. The van der Waals surface area contributed by atoms with Crippen LogP contribution in [0.2, 0.25) is 0 Å². The molecule has 0 aliphatic carbocycles. The van der Waals surface area contributed by atoms with Crippen molar-refractivity contribution in [1.29, 1.82) is 0 Å². The van der Waals surface area contributed by atoms with E-state index in [1.807, 2.05) is 27.7 Å². The lowest BCUT2D eigenvalue weighted by atomic mass is 9.86. The molecular weight excluding hydrogens is 202 g/mol. The molecule has 1 aliphatic heterocycles. The highest BCUT2D eigenvalue weighted by molar-refractivity contribution is 4.86. The molecule has 0 bridgehead atoms. The van der Waals surface area contributed by atoms with Gasteiger partial charge in [0.05, 0.1) is 12.7 Å². The number of rotatable bonds is 3. The van der Waals surface area contributed by atoms with Gasteiger partial charge < -0.3 is 14.4 Å². The maximum Gasteiger partial charge on any atom is 0.163 e. The smallest absolute Gasteiger partial charge is 0.163 e. The van der Waals surface area contributed by atoms with Crippen LogP contribution < -0.4 is 0 Å². The Kier molecular flexibility index (Phi) is 5.94. The van der Waals surface area contributed by atoms with Crippen molar-refractivity contribution in [3.05, 3.63) is 0 Å². The normalized spacial score (nSPS) is 24.2. The van der Waals surface area contributed by atoms with E-state index in [0.717, 1.165) is 6.54 Å². The minimum Gasteiger partial charge on any atom is -0.348 e. The number of hydrogen-bond donors (Lipinski definition) is 0. The number of nitrogens with zero attached hydrogens (tertiary/aromatic N) is 1. The Balaban J connectivity index is 0.00000106. The molecule has 0 N–H and O–H groups in total. The summed E-state index contributed by atoms with van der Waals surface area (Å²) >= 11 is 0. The van der Waals surface area contributed by atoms with E-state index in [0.29, 0.717) is 6.61 Å². The highest BCUT2D eigenvalue weighted by Gasteiger charge is 2.41. The molecule has 1 heterocycles. The van der Waals surface area contributed by atoms with Gasteiger partial charge in [0, 0.05) is 12.0 Å². The third-order valence-electron chi connectivity index (χ3n) is 2.60. The highest BCUT2D eigenvalue weighted by atomic mass is 16.7. The van der Waals surface area contributed by atoms with Crippen molar-refractivity contribution < 1.29 is 9.47 Å². The fourth-order valence-electron chi connectivity index (χ4n) is 1.99. The zero-order valence-electron chi connectivity index (χ0n) is 12.3. The maximum absolute atomic E-state index is 5.87. The van der Waals surface area contributed by atoms with Gasteiger partial charge in [-0.15, -0.1) is 0 Å². The Bertz CT molecular complexity index is 200. The summed E-state index contributed by atoms with van der Waals surface area (Å²) in [6.07, 6.45) is 0.194. The average Bonchev–Trinajstić information content (AvgIpc) is 2.48. The SMILES string of the molecule is CC.CN(C)CC(C)(C)C1COC(C)(C)O1. The topological polar surface area (TPSA) is 21.7 Å². The maximum atomic E-state index is 5.87. The van der Waals surface area contributed by atoms with Crippen LogP contribution in [0.15, 0.2) is 0 Å². The molecule has 1 fully saturated rings. The molecule has 0 spiro atoms. The largest absolute Gasteiger partial charge is 0.348 e. The molecule has 3 heteroatoms. The van der Waals surface area contributed by atoms with Crippen molar-refractivity contribution >= 4 is 0 Å². The van der Waals surface area contributed by atoms with Gasteiger partial charge in [0.2, 0.25) is 0 Å². The van der Waals surface area contributed by atoms with Gasteiger partial charge >= 0.3 is 0 Å². The molecule has 0 amide bonds. The molecule has 1 saturated heterocycles. The number of hydrogen-bond acceptors (Lipinski definition) is 3. The predicted octanol–water partition coefficient (Wildman–Crippen LogP) is 2.75. The highest BCUT2D eigenvalue weighted by Crippen LogP contribution is 2.33. The van der Waals surface area contributed by atoms with E-state index in [-0.39, 0.29) is 11.5 Å². The molecule has 1 rings (SSSR count). The van der Waals surface area contributed by atoms with Gasteiger partial charge in [-0.05, 0) is 27.9 Å². The summed E-state index contributed by atoms with van der Waals surface area (Å²) in [5.74, 6) is -0.408. The summed E-state index contributed by atoms with van der Waals surface area (Å²) in [5, 5.41) is 0. The zero-order valence-corrected chi connectivity index (χ0v) is 12.3. The molecule has 3 nitrogen and oxygen atoms in total. The van der Waals surface area contributed by atoms with E-state index in [4.69, 9.17) is 9.47 Å².